The van der Waals surface area contributed by atoms with Gasteiger partial charge in [-0.15, -0.1) is 0 Å². The number of esters is 2. The highest BCUT2D eigenvalue weighted by molar-refractivity contribution is 6.01. The minimum absolute atomic E-state index is 0.0969. The second-order valence-corrected chi connectivity index (χ2v) is 6.31. The summed E-state index contributed by atoms with van der Waals surface area (Å²) in [7, 11) is 0. The summed E-state index contributed by atoms with van der Waals surface area (Å²) < 4.78 is 10.1. The number of carbonyl (C=O) groups excluding carboxylic acids is 4. The van der Waals surface area contributed by atoms with Gasteiger partial charge in [0.25, 0.3) is 0 Å². The highest BCUT2D eigenvalue weighted by atomic mass is 16.5. The minimum Gasteiger partial charge on any atom is -0.454 e. The molecule has 0 amide bonds. The molecule has 150 valence electrons. The first-order chi connectivity index (χ1) is 14.5. The molecule has 0 unspecified atom stereocenters. The normalized spacial score (nSPS) is 10.1. The maximum absolute atomic E-state index is 12.2. The van der Waals surface area contributed by atoms with E-state index in [1.807, 2.05) is 0 Å². The van der Waals surface area contributed by atoms with Crippen LogP contribution >= 0.6 is 0 Å². The van der Waals surface area contributed by atoms with Crippen LogP contribution in [0.4, 0.5) is 0 Å². The van der Waals surface area contributed by atoms with Crippen LogP contribution in [0, 0.1) is 0 Å². The van der Waals surface area contributed by atoms with Gasteiger partial charge in [0.1, 0.15) is 0 Å². The van der Waals surface area contributed by atoms with Crippen LogP contribution in [0.1, 0.15) is 41.4 Å². The van der Waals surface area contributed by atoms with E-state index < -0.39 is 25.2 Å². The molecule has 0 saturated carbocycles. The van der Waals surface area contributed by atoms with Crippen molar-refractivity contribution in [2.24, 2.45) is 0 Å². The maximum atomic E-state index is 12.2. The average molecular weight is 402 g/mol. The lowest BCUT2D eigenvalue weighted by atomic mass is 10.1. The third kappa shape index (κ3) is 5.48. The Morgan fingerprint density at radius 3 is 1.27 bits per heavy atom. The molecule has 0 aliphatic carbocycles. The van der Waals surface area contributed by atoms with Crippen molar-refractivity contribution < 1.29 is 28.7 Å². The van der Waals surface area contributed by atoms with Crippen molar-refractivity contribution in [1.82, 2.24) is 0 Å². The molecule has 0 saturated heterocycles. The van der Waals surface area contributed by atoms with Gasteiger partial charge in [-0.05, 0) is 18.2 Å². The van der Waals surface area contributed by atoms with Crippen LogP contribution in [0.5, 0.6) is 0 Å². The fraction of sp³-hybridized carbons (Fsp3) is 0.0833. The molecule has 3 aromatic carbocycles. The Labute approximate surface area is 173 Å². The Morgan fingerprint density at radius 1 is 0.500 bits per heavy atom. The molecule has 0 N–H and O–H groups in total. The first-order valence-corrected chi connectivity index (χ1v) is 9.15. The van der Waals surface area contributed by atoms with Crippen LogP contribution < -0.4 is 0 Å². The second-order valence-electron chi connectivity index (χ2n) is 6.31. The van der Waals surface area contributed by atoms with Gasteiger partial charge >= 0.3 is 11.9 Å². The van der Waals surface area contributed by atoms with E-state index in [4.69, 9.17) is 9.47 Å². The van der Waals surface area contributed by atoms with Gasteiger partial charge in [-0.1, -0.05) is 66.7 Å². The number of ether oxygens (including phenoxy) is 2. The minimum atomic E-state index is -0.741. The molecule has 6 heteroatoms. The number of ketones is 2. The lowest BCUT2D eigenvalue weighted by molar-refractivity contribution is 0.0468. The van der Waals surface area contributed by atoms with Gasteiger partial charge in [0, 0.05) is 11.1 Å². The van der Waals surface area contributed by atoms with E-state index in [2.05, 4.69) is 0 Å². The molecular weight excluding hydrogens is 384 g/mol. The van der Waals surface area contributed by atoms with Crippen LogP contribution in [0.25, 0.3) is 0 Å². The SMILES string of the molecule is O=C(COC(=O)c1cccc(C(=O)OCC(=O)c2ccccc2)c1)c1ccccc1. The molecule has 0 heterocycles. The zero-order valence-corrected chi connectivity index (χ0v) is 15.9. The van der Waals surface area contributed by atoms with Crippen LogP contribution in [0.15, 0.2) is 84.9 Å². The Morgan fingerprint density at radius 2 is 0.867 bits per heavy atom. The van der Waals surface area contributed by atoms with Gasteiger partial charge < -0.3 is 9.47 Å². The van der Waals surface area contributed by atoms with Crippen LogP contribution in [0.2, 0.25) is 0 Å². The van der Waals surface area contributed by atoms with E-state index in [1.165, 1.54) is 24.3 Å². The fourth-order valence-corrected chi connectivity index (χ4v) is 2.62. The van der Waals surface area contributed by atoms with Crippen LogP contribution in [-0.4, -0.2) is 36.7 Å². The zero-order chi connectivity index (χ0) is 21.3. The number of benzene rings is 3. The highest BCUT2D eigenvalue weighted by Crippen LogP contribution is 2.10. The average Bonchev–Trinajstić information content (AvgIpc) is 2.81. The van der Waals surface area contributed by atoms with Crippen molar-refractivity contribution in [3.05, 3.63) is 107 Å². The van der Waals surface area contributed by atoms with Gasteiger partial charge in [0.05, 0.1) is 11.1 Å². The quantitative estimate of drug-likeness (QED) is 0.421. The topological polar surface area (TPSA) is 86.7 Å². The van der Waals surface area contributed by atoms with E-state index in [0.29, 0.717) is 11.1 Å². The van der Waals surface area contributed by atoms with Gasteiger partial charge in [0.15, 0.2) is 24.8 Å². The number of hydrogen-bond acceptors (Lipinski definition) is 6. The molecule has 3 aromatic rings. The molecule has 30 heavy (non-hydrogen) atoms. The third-order valence-electron chi connectivity index (χ3n) is 4.19. The first kappa shape index (κ1) is 20.7. The molecule has 0 aliphatic rings. The van der Waals surface area contributed by atoms with Crippen molar-refractivity contribution in [2.45, 2.75) is 0 Å². The predicted octanol–water partition coefficient (Wildman–Crippen LogP) is 3.77. The molecule has 0 atom stereocenters. The van der Waals surface area contributed by atoms with E-state index in [0.717, 1.165) is 0 Å². The van der Waals surface area contributed by atoms with Crippen molar-refractivity contribution in [2.75, 3.05) is 13.2 Å². The number of hydrogen-bond donors (Lipinski definition) is 0. The van der Waals surface area contributed by atoms with Crippen LogP contribution in [-0.2, 0) is 9.47 Å². The summed E-state index contributed by atoms with van der Waals surface area (Å²) in [4.78, 5) is 48.5. The highest BCUT2D eigenvalue weighted by Gasteiger charge is 2.16. The number of Topliss-reactive ketones (excluding diaryl/α,β-unsaturated/α-hetero) is 2. The summed E-state index contributed by atoms with van der Waals surface area (Å²) in [6, 6.07) is 22.6. The molecule has 3 rings (SSSR count). The molecule has 0 aromatic heterocycles. The zero-order valence-electron chi connectivity index (χ0n) is 15.9. The number of carbonyl (C=O) groups is 4. The fourth-order valence-electron chi connectivity index (χ4n) is 2.62. The molecule has 0 spiro atoms. The largest absolute Gasteiger partial charge is 0.454 e. The number of rotatable bonds is 8. The molecule has 0 fully saturated rings. The molecule has 0 aliphatic heterocycles. The van der Waals surface area contributed by atoms with E-state index in [9.17, 15) is 19.2 Å². The Bertz CT molecular complexity index is 975. The standard InChI is InChI=1S/C24H18O6/c25-21(17-8-3-1-4-9-17)15-29-23(27)19-12-7-13-20(14-19)24(28)30-16-22(26)18-10-5-2-6-11-18/h1-14H,15-16H2. The molecule has 6 nitrogen and oxygen atoms in total. The van der Waals surface area contributed by atoms with Crippen LogP contribution in [0.3, 0.4) is 0 Å². The van der Waals surface area contributed by atoms with Crippen molar-refractivity contribution in [1.29, 1.82) is 0 Å². The molecular formula is C24H18O6. The first-order valence-electron chi connectivity index (χ1n) is 9.15. The maximum Gasteiger partial charge on any atom is 0.338 e. The van der Waals surface area contributed by atoms with Crippen molar-refractivity contribution in [3.63, 3.8) is 0 Å². The molecule has 0 radical (unpaired) electrons. The van der Waals surface area contributed by atoms with Crippen molar-refractivity contribution in [3.8, 4) is 0 Å². The summed E-state index contributed by atoms with van der Waals surface area (Å²) >= 11 is 0. The predicted molar refractivity (Wildman–Crippen MR) is 109 cm³/mol. The lowest BCUT2D eigenvalue weighted by Crippen LogP contribution is -2.16. The monoisotopic (exact) mass is 402 g/mol. The summed E-state index contributed by atoms with van der Waals surface area (Å²) in [5.74, 6) is -2.15. The van der Waals surface area contributed by atoms with Gasteiger partial charge in [-0.2, -0.15) is 0 Å². The van der Waals surface area contributed by atoms with Gasteiger partial charge in [-0.3, -0.25) is 9.59 Å². The van der Waals surface area contributed by atoms with E-state index >= 15 is 0 Å². The summed E-state index contributed by atoms with van der Waals surface area (Å²) in [5, 5.41) is 0. The Hall–Kier alpha value is -4.06. The summed E-state index contributed by atoms with van der Waals surface area (Å²) in [6.07, 6.45) is 0. The molecule has 0 bridgehead atoms. The van der Waals surface area contributed by atoms with Gasteiger partial charge in [0.2, 0.25) is 0 Å². The second kappa shape index (κ2) is 9.93. The lowest BCUT2D eigenvalue weighted by Gasteiger charge is -2.07. The van der Waals surface area contributed by atoms with E-state index in [1.54, 1.807) is 60.7 Å². The summed E-state index contributed by atoms with van der Waals surface area (Å²) in [6.45, 7) is -0.827. The van der Waals surface area contributed by atoms with Gasteiger partial charge in [-0.25, -0.2) is 9.59 Å². The van der Waals surface area contributed by atoms with E-state index in [-0.39, 0.29) is 22.7 Å². The smallest absolute Gasteiger partial charge is 0.338 e. The summed E-state index contributed by atoms with van der Waals surface area (Å²) in [5.41, 5.74) is 1.07. The van der Waals surface area contributed by atoms with Crippen molar-refractivity contribution >= 4 is 23.5 Å². The Balaban J connectivity index is 1.56. The Kier molecular flexibility index (Phi) is 6.84. The third-order valence-corrected chi connectivity index (χ3v) is 4.19.